The van der Waals surface area contributed by atoms with Crippen molar-refractivity contribution in [1.82, 2.24) is 0 Å². The Kier molecular flexibility index (Phi) is 4.84. The van der Waals surface area contributed by atoms with Gasteiger partial charge < -0.3 is 4.74 Å². The molecule has 0 bridgehead atoms. The fourth-order valence-electron chi connectivity index (χ4n) is 2.43. The van der Waals surface area contributed by atoms with Crippen LogP contribution in [0.3, 0.4) is 0 Å². The van der Waals surface area contributed by atoms with Crippen molar-refractivity contribution < 1.29 is 22.7 Å². The molecular formula is C20H13F3O2. The molecule has 0 saturated carbocycles. The Morgan fingerprint density at radius 1 is 0.880 bits per heavy atom. The van der Waals surface area contributed by atoms with Gasteiger partial charge in [0.25, 0.3) is 0 Å². The Hall–Kier alpha value is -3.08. The zero-order chi connectivity index (χ0) is 17.8. The molecule has 0 N–H and O–H groups in total. The number of halogens is 3. The Morgan fingerprint density at radius 2 is 1.72 bits per heavy atom. The monoisotopic (exact) mass is 342 g/mol. The van der Waals surface area contributed by atoms with Crippen LogP contribution in [0.5, 0.6) is 5.75 Å². The number of hydrogen-bond acceptors (Lipinski definition) is 2. The van der Waals surface area contributed by atoms with Crippen molar-refractivity contribution >= 4 is 6.29 Å². The SMILES string of the molecule is O=Cc1cccc(COc2ccc(-c3ccc(F)cc3F)cc2F)c1. The van der Waals surface area contributed by atoms with E-state index in [0.717, 1.165) is 30.0 Å². The molecular weight excluding hydrogens is 329 g/mol. The van der Waals surface area contributed by atoms with Crippen LogP contribution in [0.15, 0.2) is 60.7 Å². The zero-order valence-corrected chi connectivity index (χ0v) is 13.0. The van der Waals surface area contributed by atoms with Crippen LogP contribution in [-0.2, 0) is 6.61 Å². The van der Waals surface area contributed by atoms with E-state index in [4.69, 9.17) is 4.74 Å². The fourth-order valence-corrected chi connectivity index (χ4v) is 2.43. The third-order valence-electron chi connectivity index (χ3n) is 3.66. The highest BCUT2D eigenvalue weighted by molar-refractivity contribution is 5.74. The molecule has 2 nitrogen and oxygen atoms in total. The first-order chi connectivity index (χ1) is 12.1. The number of hydrogen-bond donors (Lipinski definition) is 0. The van der Waals surface area contributed by atoms with E-state index in [1.807, 2.05) is 0 Å². The summed E-state index contributed by atoms with van der Waals surface area (Å²) >= 11 is 0. The van der Waals surface area contributed by atoms with E-state index in [2.05, 4.69) is 0 Å². The number of ether oxygens (including phenoxy) is 1. The lowest BCUT2D eigenvalue weighted by Crippen LogP contribution is -1.98. The summed E-state index contributed by atoms with van der Waals surface area (Å²) in [7, 11) is 0. The third-order valence-corrected chi connectivity index (χ3v) is 3.66. The number of carbonyl (C=O) groups is 1. The minimum absolute atomic E-state index is 0.00257. The van der Waals surface area contributed by atoms with Crippen molar-refractivity contribution in [3.8, 4) is 16.9 Å². The number of carbonyl (C=O) groups excluding carboxylic acids is 1. The van der Waals surface area contributed by atoms with Gasteiger partial charge in [0, 0.05) is 17.2 Å². The van der Waals surface area contributed by atoms with Gasteiger partial charge in [0.05, 0.1) is 0 Å². The van der Waals surface area contributed by atoms with Crippen LogP contribution in [0.4, 0.5) is 13.2 Å². The maximum atomic E-state index is 14.2. The first-order valence-electron chi connectivity index (χ1n) is 7.49. The average molecular weight is 342 g/mol. The van der Waals surface area contributed by atoms with E-state index < -0.39 is 17.5 Å². The molecule has 0 unspecified atom stereocenters. The van der Waals surface area contributed by atoms with Gasteiger partial charge in [-0.25, -0.2) is 13.2 Å². The molecule has 0 aliphatic heterocycles. The highest BCUT2D eigenvalue weighted by Crippen LogP contribution is 2.28. The lowest BCUT2D eigenvalue weighted by molar-refractivity contribution is 0.112. The van der Waals surface area contributed by atoms with Crippen molar-refractivity contribution in [3.05, 3.63) is 89.2 Å². The molecule has 3 aromatic rings. The summed E-state index contributed by atoms with van der Waals surface area (Å²) < 4.78 is 46.4. The molecule has 0 atom stereocenters. The van der Waals surface area contributed by atoms with Crippen LogP contribution in [0, 0.1) is 17.5 Å². The lowest BCUT2D eigenvalue weighted by Gasteiger charge is -2.10. The molecule has 0 heterocycles. The van der Waals surface area contributed by atoms with Crippen molar-refractivity contribution in [3.63, 3.8) is 0 Å². The highest BCUT2D eigenvalue weighted by Gasteiger charge is 2.11. The topological polar surface area (TPSA) is 26.3 Å². The van der Waals surface area contributed by atoms with Crippen LogP contribution in [0.25, 0.3) is 11.1 Å². The third kappa shape index (κ3) is 3.88. The molecule has 3 aromatic carbocycles. The van der Waals surface area contributed by atoms with E-state index in [9.17, 15) is 18.0 Å². The molecule has 5 heteroatoms. The Morgan fingerprint density at radius 3 is 2.44 bits per heavy atom. The minimum Gasteiger partial charge on any atom is -0.486 e. The van der Waals surface area contributed by atoms with Gasteiger partial charge in [-0.15, -0.1) is 0 Å². The number of aldehydes is 1. The summed E-state index contributed by atoms with van der Waals surface area (Å²) in [5.41, 5.74) is 1.61. The molecule has 0 aromatic heterocycles. The molecule has 0 spiro atoms. The molecule has 0 aliphatic rings. The highest BCUT2D eigenvalue weighted by atomic mass is 19.1. The average Bonchev–Trinajstić information content (AvgIpc) is 2.61. The predicted octanol–water partition coefficient (Wildman–Crippen LogP) is 5.16. The van der Waals surface area contributed by atoms with E-state index in [1.165, 1.54) is 18.2 Å². The van der Waals surface area contributed by atoms with Gasteiger partial charge in [-0.3, -0.25) is 4.79 Å². The summed E-state index contributed by atoms with van der Waals surface area (Å²) in [5, 5.41) is 0. The normalized spacial score (nSPS) is 10.5. The minimum atomic E-state index is -0.765. The summed E-state index contributed by atoms with van der Waals surface area (Å²) in [4.78, 5) is 10.8. The molecule has 0 saturated heterocycles. The van der Waals surface area contributed by atoms with Crippen LogP contribution in [0.1, 0.15) is 15.9 Å². The Bertz CT molecular complexity index is 923. The largest absolute Gasteiger partial charge is 0.486 e. The summed E-state index contributed by atoms with van der Waals surface area (Å²) in [5.74, 6) is -2.12. The van der Waals surface area contributed by atoms with Gasteiger partial charge >= 0.3 is 0 Å². The smallest absolute Gasteiger partial charge is 0.165 e. The first kappa shape index (κ1) is 16.8. The molecule has 25 heavy (non-hydrogen) atoms. The van der Waals surface area contributed by atoms with Crippen LogP contribution in [0.2, 0.25) is 0 Å². The lowest BCUT2D eigenvalue weighted by atomic mass is 10.0. The Labute approximate surface area is 142 Å². The second-order valence-electron chi connectivity index (χ2n) is 5.42. The van der Waals surface area contributed by atoms with E-state index in [-0.39, 0.29) is 23.5 Å². The van der Waals surface area contributed by atoms with E-state index in [1.54, 1.807) is 24.3 Å². The van der Waals surface area contributed by atoms with E-state index >= 15 is 0 Å². The fraction of sp³-hybridized carbons (Fsp3) is 0.0500. The second-order valence-corrected chi connectivity index (χ2v) is 5.42. The first-order valence-corrected chi connectivity index (χ1v) is 7.49. The maximum Gasteiger partial charge on any atom is 0.165 e. The summed E-state index contributed by atoms with van der Waals surface area (Å²) in [6.45, 7) is 0.0862. The van der Waals surface area contributed by atoms with Gasteiger partial charge in [0.15, 0.2) is 11.6 Å². The molecule has 0 fully saturated rings. The summed E-state index contributed by atoms with van der Waals surface area (Å²) in [6.07, 6.45) is 0.718. The Balaban J connectivity index is 1.78. The standard InChI is InChI=1S/C20H13F3O2/c21-16-5-6-17(18(22)10-16)15-4-7-20(19(23)9-15)25-12-14-3-1-2-13(8-14)11-24/h1-11H,12H2. The van der Waals surface area contributed by atoms with Gasteiger partial charge in [-0.2, -0.15) is 0 Å². The van der Waals surface area contributed by atoms with E-state index in [0.29, 0.717) is 5.56 Å². The van der Waals surface area contributed by atoms with Crippen molar-refractivity contribution in [1.29, 1.82) is 0 Å². The van der Waals surface area contributed by atoms with Crippen molar-refractivity contribution in [2.45, 2.75) is 6.61 Å². The van der Waals surface area contributed by atoms with Crippen molar-refractivity contribution in [2.75, 3.05) is 0 Å². The second kappa shape index (κ2) is 7.21. The van der Waals surface area contributed by atoms with Gasteiger partial charge in [0.1, 0.15) is 24.5 Å². The van der Waals surface area contributed by atoms with Crippen LogP contribution in [-0.4, -0.2) is 6.29 Å². The number of rotatable bonds is 5. The van der Waals surface area contributed by atoms with Gasteiger partial charge in [0.2, 0.25) is 0 Å². The maximum absolute atomic E-state index is 14.2. The van der Waals surface area contributed by atoms with Crippen molar-refractivity contribution in [2.24, 2.45) is 0 Å². The molecule has 126 valence electrons. The van der Waals surface area contributed by atoms with Crippen LogP contribution >= 0.6 is 0 Å². The predicted molar refractivity (Wildman–Crippen MR) is 87.9 cm³/mol. The zero-order valence-electron chi connectivity index (χ0n) is 13.0. The number of benzene rings is 3. The molecule has 0 amide bonds. The molecule has 0 aliphatic carbocycles. The summed E-state index contributed by atoms with van der Waals surface area (Å²) in [6, 6.07) is 13.9. The van der Waals surface area contributed by atoms with Crippen LogP contribution < -0.4 is 4.74 Å². The molecule has 0 radical (unpaired) electrons. The quantitative estimate of drug-likeness (QED) is 0.599. The van der Waals surface area contributed by atoms with Gasteiger partial charge in [-0.05, 0) is 41.5 Å². The molecule has 3 rings (SSSR count). The van der Waals surface area contributed by atoms with Gasteiger partial charge in [-0.1, -0.05) is 24.3 Å².